The molecule has 1 aliphatic carbocycles. The number of carbonyl (C=O) groups is 1. The largest absolute Gasteiger partial charge is 0.469 e. The summed E-state index contributed by atoms with van der Waals surface area (Å²) < 4.78 is 11.3. The van der Waals surface area contributed by atoms with E-state index in [4.69, 9.17) is 9.15 Å². The molecular formula is C17H26N2O3. The molecule has 5 nitrogen and oxygen atoms in total. The molecule has 2 amide bonds. The maximum Gasteiger partial charge on any atom is 0.315 e. The van der Waals surface area contributed by atoms with Crippen LogP contribution in [0.4, 0.5) is 4.79 Å². The van der Waals surface area contributed by atoms with Crippen molar-refractivity contribution >= 4 is 6.03 Å². The van der Waals surface area contributed by atoms with Crippen molar-refractivity contribution in [3.63, 3.8) is 0 Å². The first kappa shape index (κ1) is 15.4. The molecule has 1 saturated heterocycles. The second kappa shape index (κ2) is 6.73. The third-order valence-corrected chi connectivity index (χ3v) is 4.81. The van der Waals surface area contributed by atoms with Crippen molar-refractivity contribution in [2.75, 3.05) is 6.61 Å². The molecule has 1 aliphatic heterocycles. The lowest BCUT2D eigenvalue weighted by atomic mass is 9.89. The molecule has 1 spiro atoms. The van der Waals surface area contributed by atoms with E-state index >= 15 is 0 Å². The first-order chi connectivity index (χ1) is 10.7. The minimum absolute atomic E-state index is 0.0377. The van der Waals surface area contributed by atoms with Crippen molar-refractivity contribution in [2.45, 2.75) is 69.6 Å². The number of furan rings is 1. The Kier molecular flexibility index (Phi) is 4.71. The van der Waals surface area contributed by atoms with Crippen LogP contribution in [0.3, 0.4) is 0 Å². The molecule has 2 fully saturated rings. The van der Waals surface area contributed by atoms with Crippen LogP contribution in [-0.4, -0.2) is 30.3 Å². The van der Waals surface area contributed by atoms with Crippen LogP contribution in [0.15, 0.2) is 22.8 Å². The fourth-order valence-corrected chi connectivity index (χ4v) is 3.75. The van der Waals surface area contributed by atoms with Crippen LogP contribution in [0.5, 0.6) is 0 Å². The van der Waals surface area contributed by atoms with E-state index in [0.717, 1.165) is 38.1 Å². The van der Waals surface area contributed by atoms with Gasteiger partial charge < -0.3 is 19.8 Å². The van der Waals surface area contributed by atoms with Gasteiger partial charge in [0.15, 0.2) is 0 Å². The number of amides is 2. The predicted molar refractivity (Wildman–Crippen MR) is 83.7 cm³/mol. The summed E-state index contributed by atoms with van der Waals surface area (Å²) in [5.74, 6) is 0.892. The molecule has 2 atom stereocenters. The zero-order chi connectivity index (χ0) is 15.4. The SMILES string of the molecule is CC(Cc1ccco1)NC(=O)NC1CCOC2(CCCC2)C1. The summed E-state index contributed by atoms with van der Waals surface area (Å²) >= 11 is 0. The lowest BCUT2D eigenvalue weighted by Gasteiger charge is -2.38. The summed E-state index contributed by atoms with van der Waals surface area (Å²) in [6.45, 7) is 2.75. The lowest BCUT2D eigenvalue weighted by Crippen LogP contribution is -2.51. The third-order valence-electron chi connectivity index (χ3n) is 4.81. The van der Waals surface area contributed by atoms with E-state index in [1.54, 1.807) is 6.26 Å². The zero-order valence-corrected chi connectivity index (χ0v) is 13.3. The van der Waals surface area contributed by atoms with Crippen LogP contribution in [0.2, 0.25) is 0 Å². The van der Waals surface area contributed by atoms with Crippen molar-refractivity contribution in [1.82, 2.24) is 10.6 Å². The highest BCUT2D eigenvalue weighted by molar-refractivity contribution is 5.74. The smallest absolute Gasteiger partial charge is 0.315 e. The summed E-state index contributed by atoms with van der Waals surface area (Å²) in [6, 6.07) is 3.98. The topological polar surface area (TPSA) is 63.5 Å². The number of carbonyl (C=O) groups excluding carboxylic acids is 1. The highest BCUT2D eigenvalue weighted by atomic mass is 16.5. The molecule has 1 saturated carbocycles. The Hall–Kier alpha value is -1.49. The number of hydrogen-bond acceptors (Lipinski definition) is 3. The van der Waals surface area contributed by atoms with Gasteiger partial charge in [0.2, 0.25) is 0 Å². The van der Waals surface area contributed by atoms with Gasteiger partial charge in [0.1, 0.15) is 5.76 Å². The van der Waals surface area contributed by atoms with E-state index in [1.807, 2.05) is 19.1 Å². The monoisotopic (exact) mass is 306 g/mol. The second-order valence-corrected chi connectivity index (χ2v) is 6.73. The molecule has 122 valence electrons. The number of urea groups is 1. The van der Waals surface area contributed by atoms with Gasteiger partial charge in [-0.25, -0.2) is 4.79 Å². The summed E-state index contributed by atoms with van der Waals surface area (Å²) in [5, 5.41) is 6.11. The zero-order valence-electron chi connectivity index (χ0n) is 13.3. The van der Waals surface area contributed by atoms with Crippen molar-refractivity contribution < 1.29 is 13.9 Å². The second-order valence-electron chi connectivity index (χ2n) is 6.73. The standard InChI is InChI=1S/C17H26N2O3/c1-13(11-15-5-4-9-21-15)18-16(20)19-14-6-10-22-17(12-14)7-2-3-8-17/h4-5,9,13-14H,2-3,6-8,10-12H2,1H3,(H2,18,19,20). The Balaban J connectivity index is 1.45. The van der Waals surface area contributed by atoms with E-state index in [2.05, 4.69) is 10.6 Å². The van der Waals surface area contributed by atoms with Crippen LogP contribution >= 0.6 is 0 Å². The van der Waals surface area contributed by atoms with Gasteiger partial charge in [-0.15, -0.1) is 0 Å². The lowest BCUT2D eigenvalue weighted by molar-refractivity contribution is -0.0820. The molecule has 2 N–H and O–H groups in total. The molecule has 2 heterocycles. The molecule has 22 heavy (non-hydrogen) atoms. The van der Waals surface area contributed by atoms with Crippen molar-refractivity contribution in [3.05, 3.63) is 24.2 Å². The third kappa shape index (κ3) is 3.83. The summed E-state index contributed by atoms with van der Waals surface area (Å²) in [6.07, 6.45) is 9.00. The van der Waals surface area contributed by atoms with Crippen LogP contribution in [0, 0.1) is 0 Å². The highest BCUT2D eigenvalue weighted by Gasteiger charge is 2.40. The Morgan fingerprint density at radius 3 is 3.00 bits per heavy atom. The molecule has 5 heteroatoms. The summed E-state index contributed by atoms with van der Waals surface area (Å²) in [4.78, 5) is 12.2. The molecule has 2 aliphatic rings. The maximum atomic E-state index is 12.2. The highest BCUT2D eigenvalue weighted by Crippen LogP contribution is 2.39. The average molecular weight is 306 g/mol. The fourth-order valence-electron chi connectivity index (χ4n) is 3.75. The molecular weight excluding hydrogens is 280 g/mol. The van der Waals surface area contributed by atoms with Gasteiger partial charge in [-0.2, -0.15) is 0 Å². The normalized spacial score (nSPS) is 25.0. The van der Waals surface area contributed by atoms with Gasteiger partial charge in [-0.1, -0.05) is 12.8 Å². The van der Waals surface area contributed by atoms with Gasteiger partial charge in [0.25, 0.3) is 0 Å². The molecule has 2 unspecified atom stereocenters. The molecule has 3 rings (SSSR count). The van der Waals surface area contributed by atoms with Crippen molar-refractivity contribution in [1.29, 1.82) is 0 Å². The van der Waals surface area contributed by atoms with Crippen LogP contribution in [-0.2, 0) is 11.2 Å². The first-order valence-corrected chi connectivity index (χ1v) is 8.39. The maximum absolute atomic E-state index is 12.2. The number of hydrogen-bond donors (Lipinski definition) is 2. The Bertz CT molecular complexity index is 480. The molecule has 0 radical (unpaired) electrons. The first-order valence-electron chi connectivity index (χ1n) is 8.39. The Morgan fingerprint density at radius 1 is 1.45 bits per heavy atom. The number of rotatable bonds is 4. The quantitative estimate of drug-likeness (QED) is 0.899. The predicted octanol–water partition coefficient (Wildman–Crippen LogP) is 3.00. The van der Waals surface area contributed by atoms with E-state index in [1.165, 1.54) is 12.8 Å². The van der Waals surface area contributed by atoms with Crippen LogP contribution < -0.4 is 10.6 Å². The minimum atomic E-state index is -0.0842. The van der Waals surface area contributed by atoms with E-state index in [0.29, 0.717) is 6.42 Å². The molecule has 1 aromatic heterocycles. The molecule has 1 aromatic rings. The fraction of sp³-hybridized carbons (Fsp3) is 0.706. The van der Waals surface area contributed by atoms with Gasteiger partial charge in [0.05, 0.1) is 11.9 Å². The average Bonchev–Trinajstić information content (AvgIpc) is 3.11. The van der Waals surface area contributed by atoms with Crippen LogP contribution in [0.1, 0.15) is 51.2 Å². The Morgan fingerprint density at radius 2 is 2.27 bits per heavy atom. The number of ether oxygens (including phenoxy) is 1. The van der Waals surface area contributed by atoms with E-state index < -0.39 is 0 Å². The number of nitrogens with one attached hydrogen (secondary N) is 2. The van der Waals surface area contributed by atoms with E-state index in [-0.39, 0.29) is 23.7 Å². The van der Waals surface area contributed by atoms with Crippen LogP contribution in [0.25, 0.3) is 0 Å². The minimum Gasteiger partial charge on any atom is -0.469 e. The molecule has 0 aromatic carbocycles. The summed E-state index contributed by atoms with van der Waals surface area (Å²) in [5.41, 5.74) is 0.0377. The molecule has 0 bridgehead atoms. The van der Waals surface area contributed by atoms with Gasteiger partial charge in [0, 0.05) is 25.1 Å². The Labute approximate surface area is 131 Å². The van der Waals surface area contributed by atoms with Crippen molar-refractivity contribution in [2.24, 2.45) is 0 Å². The van der Waals surface area contributed by atoms with Gasteiger partial charge in [-0.3, -0.25) is 0 Å². The van der Waals surface area contributed by atoms with Crippen molar-refractivity contribution in [3.8, 4) is 0 Å². The van der Waals surface area contributed by atoms with Gasteiger partial charge >= 0.3 is 6.03 Å². The van der Waals surface area contributed by atoms with E-state index in [9.17, 15) is 4.79 Å². The summed E-state index contributed by atoms with van der Waals surface area (Å²) in [7, 11) is 0. The van der Waals surface area contributed by atoms with Gasteiger partial charge in [-0.05, 0) is 44.7 Å².